The van der Waals surface area contributed by atoms with Crippen LogP contribution in [0.4, 0.5) is 13.2 Å². The molecule has 25 heavy (non-hydrogen) atoms. The second-order valence-corrected chi connectivity index (χ2v) is 5.73. The third-order valence-electron chi connectivity index (χ3n) is 3.12. The molecule has 5 nitrogen and oxygen atoms in total. The monoisotopic (exact) mass is 370 g/mol. The van der Waals surface area contributed by atoms with Crippen molar-refractivity contribution in [2.75, 3.05) is 14.1 Å². The summed E-state index contributed by atoms with van der Waals surface area (Å²) < 4.78 is 38.4. The van der Waals surface area contributed by atoms with Crippen LogP contribution < -0.4 is 0 Å². The topological polar surface area (TPSA) is 58.5 Å². The van der Waals surface area contributed by atoms with Crippen LogP contribution in [-0.2, 0) is 11.0 Å². The predicted octanol–water partition coefficient (Wildman–Crippen LogP) is 3.40. The average molecular weight is 371 g/mol. The first kappa shape index (κ1) is 18.9. The maximum absolute atomic E-state index is 12.8. The number of hydrogen-bond acceptors (Lipinski definition) is 3. The highest BCUT2D eigenvalue weighted by molar-refractivity contribution is 6.31. The van der Waals surface area contributed by atoms with Gasteiger partial charge in [-0.05, 0) is 18.2 Å². The van der Waals surface area contributed by atoms with E-state index in [0.29, 0.717) is 6.20 Å². The van der Waals surface area contributed by atoms with Crippen molar-refractivity contribution in [3.8, 4) is 0 Å². The van der Waals surface area contributed by atoms with E-state index in [1.807, 2.05) is 0 Å². The van der Waals surface area contributed by atoms with Gasteiger partial charge in [0, 0.05) is 26.5 Å². The van der Waals surface area contributed by atoms with Gasteiger partial charge in [0.05, 0.1) is 28.3 Å². The molecule has 0 aliphatic rings. The van der Waals surface area contributed by atoms with E-state index in [0.717, 1.165) is 6.07 Å². The molecule has 0 N–H and O–H groups in total. The third kappa shape index (κ3) is 4.76. The van der Waals surface area contributed by atoms with Gasteiger partial charge in [-0.2, -0.15) is 13.2 Å². The second-order valence-electron chi connectivity index (χ2n) is 5.32. The SMILES string of the molecule is CN(C)C=NC(=O)C(c1ccccn1)c1ncc(C(F)(F)F)cc1Cl. The van der Waals surface area contributed by atoms with Crippen molar-refractivity contribution in [1.82, 2.24) is 14.9 Å². The molecule has 2 rings (SSSR count). The Morgan fingerprint density at radius 1 is 1.32 bits per heavy atom. The number of amides is 1. The summed E-state index contributed by atoms with van der Waals surface area (Å²) in [6, 6.07) is 5.60. The Morgan fingerprint density at radius 2 is 2.04 bits per heavy atom. The molecule has 2 aromatic rings. The van der Waals surface area contributed by atoms with E-state index in [4.69, 9.17) is 11.6 Å². The fraction of sp³-hybridized carbons (Fsp3) is 0.250. The Bertz CT molecular complexity index is 779. The standard InChI is InChI=1S/C16H14ClF3N4O/c1-24(2)9-23-15(25)13(12-5-3-4-6-21-12)14-11(17)7-10(8-22-14)16(18,19)20/h3-9,13H,1-2H3. The molecule has 1 atom stereocenters. The van der Waals surface area contributed by atoms with Crippen LogP contribution in [0.5, 0.6) is 0 Å². The Morgan fingerprint density at radius 3 is 2.56 bits per heavy atom. The smallest absolute Gasteiger partial charge is 0.369 e. The van der Waals surface area contributed by atoms with E-state index in [2.05, 4.69) is 15.0 Å². The van der Waals surface area contributed by atoms with Crippen molar-refractivity contribution in [2.45, 2.75) is 12.1 Å². The summed E-state index contributed by atoms with van der Waals surface area (Å²) in [5.41, 5.74) is -0.739. The second kappa shape index (κ2) is 7.60. The predicted molar refractivity (Wildman–Crippen MR) is 87.5 cm³/mol. The first-order valence-corrected chi connectivity index (χ1v) is 7.46. The number of alkyl halides is 3. The highest BCUT2D eigenvalue weighted by Crippen LogP contribution is 2.34. The number of rotatable bonds is 4. The van der Waals surface area contributed by atoms with Crippen LogP contribution in [0, 0.1) is 0 Å². The first-order chi connectivity index (χ1) is 11.7. The molecule has 2 heterocycles. The minimum Gasteiger partial charge on any atom is -0.369 e. The summed E-state index contributed by atoms with van der Waals surface area (Å²) in [7, 11) is 3.35. The summed E-state index contributed by atoms with van der Waals surface area (Å²) in [5.74, 6) is -1.74. The maximum Gasteiger partial charge on any atom is 0.417 e. The van der Waals surface area contributed by atoms with Crippen LogP contribution in [0.25, 0.3) is 0 Å². The molecule has 0 spiro atoms. The van der Waals surface area contributed by atoms with Gasteiger partial charge in [-0.1, -0.05) is 17.7 Å². The number of nitrogens with zero attached hydrogens (tertiary/aromatic N) is 4. The fourth-order valence-corrected chi connectivity index (χ4v) is 2.27. The van der Waals surface area contributed by atoms with E-state index in [1.54, 1.807) is 37.2 Å². The number of hydrogen-bond donors (Lipinski definition) is 0. The lowest BCUT2D eigenvalue weighted by atomic mass is 9.98. The Kier molecular flexibility index (Phi) is 5.73. The van der Waals surface area contributed by atoms with E-state index in [9.17, 15) is 18.0 Å². The fourth-order valence-electron chi connectivity index (χ4n) is 1.99. The van der Waals surface area contributed by atoms with Crippen LogP contribution in [0.2, 0.25) is 5.02 Å². The molecule has 2 aromatic heterocycles. The molecule has 132 valence electrons. The van der Waals surface area contributed by atoms with Gasteiger partial charge < -0.3 is 4.90 Å². The van der Waals surface area contributed by atoms with Crippen molar-refractivity contribution in [3.63, 3.8) is 0 Å². The summed E-state index contributed by atoms with van der Waals surface area (Å²) >= 11 is 5.98. The average Bonchev–Trinajstić information content (AvgIpc) is 2.54. The van der Waals surface area contributed by atoms with Gasteiger partial charge in [0.25, 0.3) is 5.91 Å². The molecule has 1 unspecified atom stereocenters. The van der Waals surface area contributed by atoms with Crippen molar-refractivity contribution in [3.05, 3.63) is 58.6 Å². The van der Waals surface area contributed by atoms with E-state index < -0.39 is 23.6 Å². The lowest BCUT2D eigenvalue weighted by Gasteiger charge is -2.16. The summed E-state index contributed by atoms with van der Waals surface area (Å²) in [6.07, 6.45) is -1.19. The number of carbonyl (C=O) groups is 1. The molecule has 0 fully saturated rings. The molecular weight excluding hydrogens is 357 g/mol. The number of halogens is 4. The summed E-state index contributed by atoms with van der Waals surface area (Å²) in [5, 5.41) is -0.279. The van der Waals surface area contributed by atoms with E-state index >= 15 is 0 Å². The molecule has 0 saturated heterocycles. The lowest BCUT2D eigenvalue weighted by molar-refractivity contribution is -0.137. The van der Waals surface area contributed by atoms with Crippen LogP contribution in [0.1, 0.15) is 22.9 Å². The van der Waals surface area contributed by atoms with Crippen molar-refractivity contribution >= 4 is 23.8 Å². The molecule has 1 amide bonds. The molecule has 0 aliphatic carbocycles. The van der Waals surface area contributed by atoms with Crippen LogP contribution in [0.3, 0.4) is 0 Å². The van der Waals surface area contributed by atoms with Gasteiger partial charge in [-0.25, -0.2) is 4.99 Å². The number of aromatic nitrogens is 2. The van der Waals surface area contributed by atoms with E-state index in [1.165, 1.54) is 12.5 Å². The maximum atomic E-state index is 12.8. The normalized spacial score (nSPS) is 13.0. The third-order valence-corrected chi connectivity index (χ3v) is 3.42. The Balaban J connectivity index is 2.51. The molecule has 0 bridgehead atoms. The van der Waals surface area contributed by atoms with Gasteiger partial charge in [0.2, 0.25) is 0 Å². The molecule has 9 heteroatoms. The van der Waals surface area contributed by atoms with Gasteiger partial charge in [-0.15, -0.1) is 0 Å². The molecule has 0 radical (unpaired) electrons. The van der Waals surface area contributed by atoms with Crippen LogP contribution in [-0.4, -0.2) is 41.2 Å². The number of carbonyl (C=O) groups excluding carboxylic acids is 1. The van der Waals surface area contributed by atoms with E-state index in [-0.39, 0.29) is 16.4 Å². The van der Waals surface area contributed by atoms with Gasteiger partial charge in [0.1, 0.15) is 5.92 Å². The Labute approximate surface area is 147 Å². The molecule has 0 aromatic carbocycles. The molecular formula is C16H14ClF3N4O. The number of pyridine rings is 2. The quantitative estimate of drug-likeness (QED) is 0.611. The summed E-state index contributed by atoms with van der Waals surface area (Å²) in [4.78, 5) is 25.7. The molecule has 0 saturated carbocycles. The minimum atomic E-state index is -4.58. The lowest BCUT2D eigenvalue weighted by Crippen LogP contribution is -2.18. The first-order valence-electron chi connectivity index (χ1n) is 7.08. The highest BCUT2D eigenvalue weighted by atomic mass is 35.5. The van der Waals surface area contributed by atoms with Gasteiger partial charge in [-0.3, -0.25) is 14.8 Å². The molecule has 0 aliphatic heterocycles. The van der Waals surface area contributed by atoms with Crippen LogP contribution in [0.15, 0.2) is 41.7 Å². The zero-order valence-corrected chi connectivity index (χ0v) is 14.1. The number of aliphatic imine (C=N–C) groups is 1. The van der Waals surface area contributed by atoms with Crippen molar-refractivity contribution in [2.24, 2.45) is 4.99 Å². The van der Waals surface area contributed by atoms with Gasteiger partial charge >= 0.3 is 6.18 Å². The summed E-state index contributed by atoms with van der Waals surface area (Å²) in [6.45, 7) is 0. The minimum absolute atomic E-state index is 0.0331. The van der Waals surface area contributed by atoms with Crippen LogP contribution >= 0.6 is 11.6 Å². The van der Waals surface area contributed by atoms with Crippen molar-refractivity contribution < 1.29 is 18.0 Å². The highest BCUT2D eigenvalue weighted by Gasteiger charge is 2.34. The largest absolute Gasteiger partial charge is 0.417 e. The zero-order chi connectivity index (χ0) is 18.6. The zero-order valence-electron chi connectivity index (χ0n) is 13.3. The van der Waals surface area contributed by atoms with Crippen molar-refractivity contribution in [1.29, 1.82) is 0 Å². The Hall–Kier alpha value is -2.48. The van der Waals surface area contributed by atoms with Gasteiger partial charge in [0.15, 0.2) is 0 Å².